The minimum Gasteiger partial charge on any atom is -0.476 e. The van der Waals surface area contributed by atoms with Crippen LogP contribution in [-0.4, -0.2) is 28.3 Å². The van der Waals surface area contributed by atoms with Gasteiger partial charge in [-0.25, -0.2) is 4.09 Å². The Morgan fingerprint density at radius 3 is 2.39 bits per heavy atom. The third-order valence-corrected chi connectivity index (χ3v) is 5.10. The van der Waals surface area contributed by atoms with E-state index in [0.29, 0.717) is 11.8 Å². The lowest BCUT2D eigenvalue weighted by molar-refractivity contribution is 0.235. The lowest BCUT2D eigenvalue weighted by Crippen LogP contribution is -2.11. The SMILES string of the molecule is CC(CCC(C)Cc1ccccc1)COc1ccn([SH](C)C)n1. The van der Waals surface area contributed by atoms with E-state index >= 15 is 0 Å². The molecule has 1 aromatic heterocycles. The van der Waals surface area contributed by atoms with E-state index < -0.39 is 0 Å². The molecule has 128 valence electrons. The first-order chi connectivity index (χ1) is 11.0. The Balaban J connectivity index is 1.67. The summed E-state index contributed by atoms with van der Waals surface area (Å²) in [4.78, 5) is 0. The van der Waals surface area contributed by atoms with Crippen LogP contribution >= 0.6 is 11.1 Å². The van der Waals surface area contributed by atoms with E-state index in [1.807, 2.05) is 16.4 Å². The molecule has 0 aliphatic rings. The molecule has 0 saturated heterocycles. The maximum atomic E-state index is 5.83. The van der Waals surface area contributed by atoms with Crippen molar-refractivity contribution in [2.75, 3.05) is 19.1 Å². The van der Waals surface area contributed by atoms with Gasteiger partial charge >= 0.3 is 0 Å². The maximum absolute atomic E-state index is 5.83. The first-order valence-corrected chi connectivity index (χ1v) is 10.6. The highest BCUT2D eigenvalue weighted by atomic mass is 32.2. The number of hydrogen-bond acceptors (Lipinski definition) is 2. The Morgan fingerprint density at radius 1 is 1.04 bits per heavy atom. The molecule has 23 heavy (non-hydrogen) atoms. The Hall–Kier alpha value is -1.42. The minimum absolute atomic E-state index is 0.215. The molecule has 1 heterocycles. The average Bonchev–Trinajstić information content (AvgIpc) is 3.01. The highest BCUT2D eigenvalue weighted by Gasteiger charge is 2.09. The monoisotopic (exact) mass is 334 g/mol. The third kappa shape index (κ3) is 6.30. The second kappa shape index (κ2) is 9.02. The van der Waals surface area contributed by atoms with Crippen molar-refractivity contribution in [2.24, 2.45) is 11.8 Å². The van der Waals surface area contributed by atoms with Crippen molar-refractivity contribution in [1.29, 1.82) is 0 Å². The molecule has 2 rings (SSSR count). The first kappa shape index (κ1) is 17.9. The Bertz CT molecular complexity index is 568. The van der Waals surface area contributed by atoms with Gasteiger partial charge in [0.1, 0.15) is 0 Å². The first-order valence-electron chi connectivity index (χ1n) is 8.44. The smallest absolute Gasteiger partial charge is 0.233 e. The van der Waals surface area contributed by atoms with Crippen LogP contribution in [0.1, 0.15) is 32.3 Å². The predicted molar refractivity (Wildman–Crippen MR) is 102 cm³/mol. The average molecular weight is 335 g/mol. The molecule has 2 unspecified atom stereocenters. The molecule has 0 amide bonds. The van der Waals surface area contributed by atoms with E-state index in [0.717, 1.165) is 18.9 Å². The molecule has 0 spiro atoms. The fraction of sp³-hybridized carbons (Fsp3) is 0.526. The zero-order valence-electron chi connectivity index (χ0n) is 14.8. The van der Waals surface area contributed by atoms with Crippen LogP contribution in [0.4, 0.5) is 0 Å². The number of ether oxygens (including phenoxy) is 1. The molecule has 2 atom stereocenters. The lowest BCUT2D eigenvalue weighted by Gasteiger charge is -2.16. The highest BCUT2D eigenvalue weighted by molar-refractivity contribution is 8.14. The molecule has 0 fully saturated rings. The number of benzene rings is 1. The summed E-state index contributed by atoms with van der Waals surface area (Å²) in [5, 5.41) is 4.46. The highest BCUT2D eigenvalue weighted by Crippen LogP contribution is 2.21. The van der Waals surface area contributed by atoms with Gasteiger partial charge in [-0.1, -0.05) is 50.6 Å². The summed E-state index contributed by atoms with van der Waals surface area (Å²) in [5.41, 5.74) is 1.44. The Kier molecular flexibility index (Phi) is 7.03. The fourth-order valence-corrected chi connectivity index (χ4v) is 3.20. The standard InChI is InChI=1S/C19H30N2OS/c1-16(14-18-8-6-5-7-9-18)10-11-17(2)15-22-19-12-13-21(20-19)23(3)4/h5-9,12-13,16-17,23H,10-11,14-15H2,1-4H3. The van der Waals surface area contributed by atoms with Crippen LogP contribution in [0.5, 0.6) is 5.88 Å². The molecule has 0 aliphatic carbocycles. The molecule has 0 radical (unpaired) electrons. The van der Waals surface area contributed by atoms with Crippen molar-refractivity contribution in [3.63, 3.8) is 0 Å². The van der Waals surface area contributed by atoms with Crippen molar-refractivity contribution < 1.29 is 4.74 Å². The number of nitrogens with zero attached hydrogens (tertiary/aromatic N) is 2. The van der Waals surface area contributed by atoms with Gasteiger partial charge in [0.05, 0.1) is 6.61 Å². The second-order valence-electron chi connectivity index (χ2n) is 6.71. The van der Waals surface area contributed by atoms with Gasteiger partial charge in [0, 0.05) is 12.3 Å². The van der Waals surface area contributed by atoms with Crippen molar-refractivity contribution in [1.82, 2.24) is 9.19 Å². The molecule has 0 saturated carbocycles. The van der Waals surface area contributed by atoms with Crippen molar-refractivity contribution in [3.8, 4) is 5.88 Å². The molecule has 2 aromatic rings. The lowest BCUT2D eigenvalue weighted by atomic mass is 9.93. The molecule has 4 heteroatoms. The third-order valence-electron chi connectivity index (χ3n) is 4.06. The molecule has 0 N–H and O–H groups in total. The van der Waals surface area contributed by atoms with E-state index in [1.54, 1.807) is 0 Å². The van der Waals surface area contributed by atoms with E-state index in [9.17, 15) is 0 Å². The van der Waals surface area contributed by atoms with Gasteiger partial charge in [0.25, 0.3) is 0 Å². The maximum Gasteiger partial charge on any atom is 0.233 e. The Morgan fingerprint density at radius 2 is 1.74 bits per heavy atom. The van der Waals surface area contributed by atoms with Gasteiger partial charge in [-0.2, -0.15) is 11.1 Å². The van der Waals surface area contributed by atoms with Gasteiger partial charge in [-0.15, -0.1) is 5.10 Å². The summed E-state index contributed by atoms with van der Waals surface area (Å²) in [5.74, 6) is 2.02. The molecule has 3 nitrogen and oxygen atoms in total. The largest absolute Gasteiger partial charge is 0.476 e. The van der Waals surface area contributed by atoms with Crippen molar-refractivity contribution >= 4 is 11.1 Å². The minimum atomic E-state index is -0.215. The predicted octanol–water partition coefficient (Wildman–Crippen LogP) is 4.58. The summed E-state index contributed by atoms with van der Waals surface area (Å²) in [6, 6.07) is 12.7. The van der Waals surface area contributed by atoms with Gasteiger partial charge < -0.3 is 4.74 Å². The fourth-order valence-electron chi connectivity index (χ4n) is 2.60. The molecule has 1 aromatic carbocycles. The number of hydrogen-bond donors (Lipinski definition) is 1. The summed E-state index contributed by atoms with van der Waals surface area (Å²) in [6.07, 6.45) is 9.97. The number of rotatable bonds is 9. The van der Waals surface area contributed by atoms with Crippen molar-refractivity contribution in [3.05, 3.63) is 48.2 Å². The van der Waals surface area contributed by atoms with Crippen LogP contribution in [-0.2, 0) is 6.42 Å². The van der Waals surface area contributed by atoms with E-state index in [4.69, 9.17) is 4.74 Å². The van der Waals surface area contributed by atoms with Gasteiger partial charge in [0.2, 0.25) is 5.88 Å². The van der Waals surface area contributed by atoms with Crippen LogP contribution < -0.4 is 4.74 Å². The molecular formula is C19H30N2OS. The van der Waals surface area contributed by atoms with Crippen LogP contribution in [0.15, 0.2) is 42.6 Å². The zero-order valence-corrected chi connectivity index (χ0v) is 15.7. The van der Waals surface area contributed by atoms with Gasteiger partial charge in [-0.05, 0) is 42.8 Å². The summed E-state index contributed by atoms with van der Waals surface area (Å²) in [7, 11) is 0. The van der Waals surface area contributed by atoms with Crippen LogP contribution in [0.3, 0.4) is 0 Å². The van der Waals surface area contributed by atoms with Gasteiger partial charge in [-0.3, -0.25) is 0 Å². The van der Waals surface area contributed by atoms with Crippen LogP contribution in [0.2, 0.25) is 0 Å². The normalized spacial score (nSPS) is 14.3. The second-order valence-corrected chi connectivity index (χ2v) is 8.81. The summed E-state index contributed by atoms with van der Waals surface area (Å²) in [6.45, 7) is 5.35. The van der Waals surface area contributed by atoms with E-state index in [2.05, 4.69) is 61.8 Å². The van der Waals surface area contributed by atoms with Crippen LogP contribution in [0, 0.1) is 11.8 Å². The van der Waals surface area contributed by atoms with Gasteiger partial charge in [0.15, 0.2) is 0 Å². The molecule has 0 aliphatic heterocycles. The zero-order chi connectivity index (χ0) is 16.7. The molecular weight excluding hydrogens is 304 g/mol. The topological polar surface area (TPSA) is 27.1 Å². The van der Waals surface area contributed by atoms with Crippen LogP contribution in [0.25, 0.3) is 0 Å². The number of thiol groups is 1. The quantitative estimate of drug-likeness (QED) is 0.680. The molecule has 0 bridgehead atoms. The number of aromatic nitrogens is 2. The van der Waals surface area contributed by atoms with Crippen molar-refractivity contribution in [2.45, 2.75) is 33.1 Å². The van der Waals surface area contributed by atoms with E-state index in [1.165, 1.54) is 18.4 Å². The van der Waals surface area contributed by atoms with E-state index in [-0.39, 0.29) is 11.1 Å². The Labute approximate surface area is 143 Å². The summed E-state index contributed by atoms with van der Waals surface area (Å²) >= 11 is -0.215. The summed E-state index contributed by atoms with van der Waals surface area (Å²) < 4.78 is 7.82.